The van der Waals surface area contributed by atoms with Gasteiger partial charge < -0.3 is 9.55 Å². The third kappa shape index (κ3) is 3.04. The van der Waals surface area contributed by atoms with E-state index in [9.17, 15) is 0 Å². The first-order chi connectivity index (χ1) is 17.3. The molecule has 8 aromatic rings. The second kappa shape index (κ2) is 7.75. The Kier molecular flexibility index (Phi) is 4.40. The van der Waals surface area contributed by atoms with Crippen molar-refractivity contribution in [1.29, 1.82) is 0 Å². The van der Waals surface area contributed by atoms with E-state index in [1.807, 2.05) is 0 Å². The summed E-state index contributed by atoms with van der Waals surface area (Å²) in [6.07, 6.45) is 0. The summed E-state index contributed by atoms with van der Waals surface area (Å²) in [5.74, 6) is 0. The van der Waals surface area contributed by atoms with Gasteiger partial charge in [0.2, 0.25) is 0 Å². The van der Waals surface area contributed by atoms with E-state index >= 15 is 0 Å². The summed E-state index contributed by atoms with van der Waals surface area (Å²) in [4.78, 5) is 3.47. The van der Waals surface area contributed by atoms with Crippen LogP contribution < -0.4 is 0 Å². The Bertz CT molecular complexity index is 2010. The molecule has 0 fully saturated rings. The summed E-state index contributed by atoms with van der Waals surface area (Å²) in [5.41, 5.74) is 5.02. The second-order valence-electron chi connectivity index (χ2n) is 9.14. The molecule has 0 amide bonds. The number of nitrogens with zero attached hydrogens (tertiary/aromatic N) is 1. The zero-order chi connectivity index (χ0) is 23.4. The Morgan fingerprint density at radius 3 is 1.77 bits per heavy atom. The van der Waals surface area contributed by atoms with Crippen LogP contribution in [0, 0.1) is 0 Å². The van der Waals surface area contributed by atoms with Crippen molar-refractivity contribution in [3.63, 3.8) is 0 Å². The van der Waals surface area contributed by atoms with Crippen molar-refractivity contribution in [1.82, 2.24) is 9.55 Å². The maximum Gasteiger partial charge on any atom is 0.0495 e. The van der Waals surface area contributed by atoms with Crippen LogP contribution in [0.4, 0.5) is 0 Å². The van der Waals surface area contributed by atoms with Crippen LogP contribution >= 0.6 is 0 Å². The number of aromatic amines is 1. The molecule has 2 aromatic heterocycles. The first-order valence-electron chi connectivity index (χ1n) is 12.0. The highest BCUT2D eigenvalue weighted by Crippen LogP contribution is 2.34. The molecular formula is C33H24N2. The first kappa shape index (κ1) is 19.9. The quantitative estimate of drug-likeness (QED) is 0.239. The van der Waals surface area contributed by atoms with E-state index in [2.05, 4.69) is 138 Å². The summed E-state index contributed by atoms with van der Waals surface area (Å²) >= 11 is 0. The van der Waals surface area contributed by atoms with Gasteiger partial charge in [-0.1, -0.05) is 97.1 Å². The fourth-order valence-electron chi connectivity index (χ4n) is 5.55. The van der Waals surface area contributed by atoms with Crippen LogP contribution in [0.5, 0.6) is 0 Å². The zero-order valence-electron chi connectivity index (χ0n) is 19.5. The average molecular weight is 449 g/mol. The molecular weight excluding hydrogens is 424 g/mol. The highest BCUT2D eigenvalue weighted by molar-refractivity contribution is 6.21. The van der Waals surface area contributed by atoms with E-state index in [1.165, 1.54) is 65.2 Å². The van der Waals surface area contributed by atoms with Crippen LogP contribution in [0.3, 0.4) is 0 Å². The lowest BCUT2D eigenvalue weighted by Crippen LogP contribution is -1.85. The fourth-order valence-corrected chi connectivity index (χ4v) is 5.55. The topological polar surface area (TPSA) is 20.7 Å². The van der Waals surface area contributed by atoms with Gasteiger partial charge in [-0.2, -0.15) is 0 Å². The maximum atomic E-state index is 3.47. The Morgan fingerprint density at radius 1 is 0.429 bits per heavy atom. The molecule has 0 radical (unpaired) electrons. The highest BCUT2D eigenvalue weighted by Gasteiger charge is 2.10. The van der Waals surface area contributed by atoms with Crippen molar-refractivity contribution < 1.29 is 0 Å². The largest absolute Gasteiger partial charge is 0.354 e. The molecule has 0 bridgehead atoms. The van der Waals surface area contributed by atoms with E-state index in [4.69, 9.17) is 0 Å². The average Bonchev–Trinajstić information content (AvgIpc) is 3.45. The van der Waals surface area contributed by atoms with Gasteiger partial charge in [0, 0.05) is 50.7 Å². The number of nitrogens with one attached hydrogen (secondary N) is 1. The van der Waals surface area contributed by atoms with Gasteiger partial charge in [-0.25, -0.2) is 0 Å². The van der Waals surface area contributed by atoms with E-state index < -0.39 is 0 Å². The van der Waals surface area contributed by atoms with Gasteiger partial charge in [0.05, 0.1) is 0 Å². The summed E-state index contributed by atoms with van der Waals surface area (Å²) in [7, 11) is 2.14. The summed E-state index contributed by atoms with van der Waals surface area (Å²) in [6, 6.07) is 43.0. The smallest absolute Gasteiger partial charge is 0.0495 e. The van der Waals surface area contributed by atoms with E-state index in [0.29, 0.717) is 0 Å². The molecule has 0 saturated heterocycles. The molecule has 0 unspecified atom stereocenters. The van der Waals surface area contributed by atoms with Crippen molar-refractivity contribution >= 4 is 65.2 Å². The molecule has 0 saturated carbocycles. The van der Waals surface area contributed by atoms with Crippen LogP contribution in [0.2, 0.25) is 0 Å². The summed E-state index contributed by atoms with van der Waals surface area (Å²) in [5, 5.41) is 10.6. The molecule has 166 valence electrons. The molecule has 0 atom stereocenters. The van der Waals surface area contributed by atoms with Gasteiger partial charge in [0.15, 0.2) is 0 Å². The van der Waals surface area contributed by atoms with Crippen molar-refractivity contribution in [2.75, 3.05) is 0 Å². The predicted octanol–water partition coefficient (Wildman–Crippen LogP) is 8.96. The molecule has 35 heavy (non-hydrogen) atoms. The van der Waals surface area contributed by atoms with Crippen molar-refractivity contribution in [3.8, 4) is 0 Å². The molecule has 6 aromatic carbocycles. The fraction of sp³-hybridized carbons (Fsp3) is 0.0303. The number of benzene rings is 6. The van der Waals surface area contributed by atoms with E-state index in [1.54, 1.807) is 0 Å². The number of aromatic nitrogens is 2. The van der Waals surface area contributed by atoms with Gasteiger partial charge in [-0.3, -0.25) is 0 Å². The minimum absolute atomic E-state index is 1.21. The number of para-hydroxylation sites is 2. The Morgan fingerprint density at radius 2 is 1.00 bits per heavy atom. The summed E-state index contributed by atoms with van der Waals surface area (Å²) in [6.45, 7) is 0. The van der Waals surface area contributed by atoms with E-state index in [0.717, 1.165) is 0 Å². The Labute approximate surface area is 203 Å². The number of H-pyrrole nitrogens is 1. The normalized spacial score (nSPS) is 11.6. The molecule has 0 aliphatic rings. The first-order valence-corrected chi connectivity index (χ1v) is 12.0. The van der Waals surface area contributed by atoms with E-state index in [-0.39, 0.29) is 0 Å². The standard InChI is InChI=1S/C17H13N.C16H11N/c1-18-15-9-5-4-8-14(15)17-13-7-3-2-6-12(13)10-11-16(17)18;1-2-6-12-11(5-1)9-10-15-16(12)13-7-3-4-8-14(13)17-15/h2-11H,1H3;1-10,17H. The predicted molar refractivity (Wildman–Crippen MR) is 151 cm³/mol. The number of hydrogen-bond acceptors (Lipinski definition) is 0. The minimum atomic E-state index is 1.21. The number of aryl methyl sites for hydroxylation is 1. The molecule has 2 heteroatoms. The van der Waals surface area contributed by atoms with Gasteiger partial charge in [0.1, 0.15) is 0 Å². The van der Waals surface area contributed by atoms with Crippen LogP contribution in [0.25, 0.3) is 65.2 Å². The highest BCUT2D eigenvalue weighted by atomic mass is 14.9. The Balaban J connectivity index is 0.000000120. The lowest BCUT2D eigenvalue weighted by molar-refractivity contribution is 1.01. The molecule has 8 rings (SSSR count). The molecule has 2 nitrogen and oxygen atoms in total. The van der Waals surface area contributed by atoms with Gasteiger partial charge in [-0.15, -0.1) is 0 Å². The Hall–Kier alpha value is -4.56. The lowest BCUT2D eigenvalue weighted by Gasteiger charge is -2.01. The summed E-state index contributed by atoms with van der Waals surface area (Å²) < 4.78 is 2.27. The van der Waals surface area contributed by atoms with Crippen molar-refractivity contribution in [2.24, 2.45) is 7.05 Å². The molecule has 1 N–H and O–H groups in total. The zero-order valence-corrected chi connectivity index (χ0v) is 19.5. The number of fused-ring (bicyclic) bond motifs is 10. The second-order valence-corrected chi connectivity index (χ2v) is 9.14. The minimum Gasteiger partial charge on any atom is -0.354 e. The van der Waals surface area contributed by atoms with Crippen molar-refractivity contribution in [3.05, 3.63) is 121 Å². The van der Waals surface area contributed by atoms with Crippen molar-refractivity contribution in [2.45, 2.75) is 0 Å². The van der Waals surface area contributed by atoms with Crippen LogP contribution in [0.1, 0.15) is 0 Å². The lowest BCUT2D eigenvalue weighted by atomic mass is 10.0. The van der Waals surface area contributed by atoms with Crippen LogP contribution in [-0.2, 0) is 7.05 Å². The monoisotopic (exact) mass is 448 g/mol. The van der Waals surface area contributed by atoms with Crippen LogP contribution in [-0.4, -0.2) is 9.55 Å². The maximum absolute atomic E-state index is 3.47. The molecule has 0 aliphatic carbocycles. The number of hydrogen-bond donors (Lipinski definition) is 1. The van der Waals surface area contributed by atoms with Gasteiger partial charge >= 0.3 is 0 Å². The third-order valence-corrected chi connectivity index (χ3v) is 7.20. The van der Waals surface area contributed by atoms with Crippen LogP contribution in [0.15, 0.2) is 121 Å². The number of rotatable bonds is 0. The van der Waals surface area contributed by atoms with Gasteiger partial charge in [0.25, 0.3) is 0 Å². The molecule has 0 aliphatic heterocycles. The molecule has 2 heterocycles. The van der Waals surface area contributed by atoms with Gasteiger partial charge in [-0.05, 0) is 45.8 Å². The molecule has 0 spiro atoms. The third-order valence-electron chi connectivity index (χ3n) is 7.20. The SMILES string of the molecule is Cn1c2ccccc2c2c3ccccc3ccc21.c1ccc2c(c1)ccc1[nH]c3ccccc3c12.